The molecular weight excluding hydrogens is 474 g/mol. The Morgan fingerprint density at radius 3 is 2.38 bits per heavy atom. The molecule has 0 fully saturated rings. The van der Waals surface area contributed by atoms with Gasteiger partial charge in [-0.15, -0.1) is 0 Å². The smallest absolute Gasteiger partial charge is 0.243 e. The van der Waals surface area contributed by atoms with Gasteiger partial charge in [-0.2, -0.15) is 4.31 Å². The first-order valence-corrected chi connectivity index (χ1v) is 11.8. The first-order chi connectivity index (χ1) is 15.1. The number of nitrogens with one attached hydrogen (secondary N) is 1. The number of carbonyl (C=O) groups excluding carboxylic acids is 1. The van der Waals surface area contributed by atoms with Gasteiger partial charge in [0.1, 0.15) is 5.82 Å². The van der Waals surface area contributed by atoms with Crippen LogP contribution < -0.4 is 5.32 Å². The molecule has 3 aromatic carbocycles. The molecule has 1 amide bonds. The van der Waals surface area contributed by atoms with Crippen LogP contribution in [0.1, 0.15) is 16.7 Å². The van der Waals surface area contributed by atoms with E-state index in [4.69, 9.17) is 23.2 Å². The minimum absolute atomic E-state index is 0.0220. The van der Waals surface area contributed by atoms with Crippen LogP contribution in [0.5, 0.6) is 0 Å². The Hall–Kier alpha value is -2.45. The molecule has 0 aliphatic carbocycles. The topological polar surface area (TPSA) is 66.5 Å². The fourth-order valence-corrected chi connectivity index (χ4v) is 4.77. The fourth-order valence-electron chi connectivity index (χ4n) is 3.06. The molecule has 5 nitrogen and oxygen atoms in total. The van der Waals surface area contributed by atoms with Crippen molar-refractivity contribution < 1.29 is 17.6 Å². The lowest BCUT2D eigenvalue weighted by molar-refractivity contribution is -0.116. The predicted molar refractivity (Wildman–Crippen MR) is 125 cm³/mol. The number of nitrogens with zero attached hydrogens (tertiary/aromatic N) is 1. The summed E-state index contributed by atoms with van der Waals surface area (Å²) in [5.41, 5.74) is 2.32. The highest BCUT2D eigenvalue weighted by Crippen LogP contribution is 2.26. The quantitative estimate of drug-likeness (QED) is 0.466. The van der Waals surface area contributed by atoms with Gasteiger partial charge in [0, 0.05) is 27.8 Å². The number of anilines is 1. The molecule has 32 heavy (non-hydrogen) atoms. The first-order valence-electron chi connectivity index (χ1n) is 9.63. The molecule has 9 heteroatoms. The van der Waals surface area contributed by atoms with E-state index in [1.54, 1.807) is 6.07 Å². The molecule has 0 spiro atoms. The van der Waals surface area contributed by atoms with Crippen molar-refractivity contribution >= 4 is 44.8 Å². The van der Waals surface area contributed by atoms with Crippen LogP contribution >= 0.6 is 23.2 Å². The molecule has 3 aromatic rings. The van der Waals surface area contributed by atoms with E-state index in [1.807, 2.05) is 26.0 Å². The van der Waals surface area contributed by atoms with E-state index >= 15 is 0 Å². The van der Waals surface area contributed by atoms with Crippen molar-refractivity contribution in [2.75, 3.05) is 11.9 Å². The predicted octanol–water partition coefficient (Wildman–Crippen LogP) is 5.58. The van der Waals surface area contributed by atoms with Gasteiger partial charge in [0.15, 0.2) is 0 Å². The van der Waals surface area contributed by atoms with Crippen LogP contribution in [0.25, 0.3) is 0 Å². The minimum atomic E-state index is -4.17. The normalized spacial score (nSPS) is 11.6. The van der Waals surface area contributed by atoms with Crippen LogP contribution in [0.2, 0.25) is 10.0 Å². The molecule has 1 N–H and O–H groups in total. The molecule has 0 aliphatic heterocycles. The van der Waals surface area contributed by atoms with Crippen molar-refractivity contribution in [1.82, 2.24) is 4.31 Å². The standard InChI is InChI=1S/C23H21Cl2FN2O3S/c1-15-6-7-16(2)22(12-15)27-23(29)14-28(13-19-20(25)4-3-5-21(19)26)32(30,31)18-10-8-17(24)9-11-18/h3-12H,13-14H2,1-2H3,(H,27,29). The summed E-state index contributed by atoms with van der Waals surface area (Å²) in [6.07, 6.45) is 0. The van der Waals surface area contributed by atoms with E-state index in [1.165, 1.54) is 42.5 Å². The van der Waals surface area contributed by atoms with Crippen LogP contribution in [0.15, 0.2) is 65.6 Å². The summed E-state index contributed by atoms with van der Waals surface area (Å²) in [4.78, 5) is 12.7. The molecule has 0 radical (unpaired) electrons. The molecule has 0 heterocycles. The summed E-state index contributed by atoms with van der Waals surface area (Å²) in [5, 5.41) is 3.16. The van der Waals surface area contributed by atoms with Crippen molar-refractivity contribution in [3.8, 4) is 0 Å². The third-order valence-corrected chi connectivity index (χ3v) is 7.25. The Kier molecular flexibility index (Phi) is 7.56. The number of rotatable bonds is 7. The van der Waals surface area contributed by atoms with Crippen molar-refractivity contribution in [1.29, 1.82) is 0 Å². The molecule has 0 saturated heterocycles. The largest absolute Gasteiger partial charge is 0.325 e. The van der Waals surface area contributed by atoms with Gasteiger partial charge in [0.05, 0.1) is 11.4 Å². The molecule has 0 saturated carbocycles. The van der Waals surface area contributed by atoms with Gasteiger partial charge in [-0.3, -0.25) is 4.79 Å². The van der Waals surface area contributed by atoms with Gasteiger partial charge >= 0.3 is 0 Å². The van der Waals surface area contributed by atoms with Gasteiger partial charge in [-0.05, 0) is 67.4 Å². The second kappa shape index (κ2) is 10.0. The van der Waals surface area contributed by atoms with E-state index < -0.39 is 34.8 Å². The maximum Gasteiger partial charge on any atom is 0.243 e. The summed E-state index contributed by atoms with van der Waals surface area (Å²) in [6.45, 7) is 2.75. The zero-order chi connectivity index (χ0) is 23.5. The number of aryl methyl sites for hydroxylation is 2. The van der Waals surface area contributed by atoms with Gasteiger partial charge in [0.25, 0.3) is 0 Å². The molecular formula is C23H21Cl2FN2O3S. The van der Waals surface area contributed by atoms with E-state index in [9.17, 15) is 17.6 Å². The van der Waals surface area contributed by atoms with E-state index in [0.717, 1.165) is 15.4 Å². The highest BCUT2D eigenvalue weighted by atomic mass is 35.5. The number of hydrogen-bond acceptors (Lipinski definition) is 3. The van der Waals surface area contributed by atoms with Gasteiger partial charge in [0.2, 0.25) is 15.9 Å². The summed E-state index contributed by atoms with van der Waals surface area (Å²) in [6, 6.07) is 15.1. The average molecular weight is 495 g/mol. The van der Waals surface area contributed by atoms with Crippen LogP contribution in [-0.4, -0.2) is 25.2 Å². The molecule has 3 rings (SSSR count). The number of carbonyl (C=O) groups is 1. The van der Waals surface area contributed by atoms with Crippen molar-refractivity contribution in [2.45, 2.75) is 25.3 Å². The number of halogens is 3. The second-order valence-corrected chi connectivity index (χ2v) is 10.1. The van der Waals surface area contributed by atoms with Crippen molar-refractivity contribution in [3.63, 3.8) is 0 Å². The van der Waals surface area contributed by atoms with Crippen molar-refractivity contribution in [2.24, 2.45) is 0 Å². The second-order valence-electron chi connectivity index (χ2n) is 7.29. The van der Waals surface area contributed by atoms with Crippen LogP contribution in [0.4, 0.5) is 10.1 Å². The lowest BCUT2D eigenvalue weighted by Crippen LogP contribution is -2.38. The Morgan fingerprint density at radius 1 is 1.03 bits per heavy atom. The molecule has 0 atom stereocenters. The first kappa shape index (κ1) is 24.2. The maximum atomic E-state index is 14.4. The number of amides is 1. The van der Waals surface area contributed by atoms with E-state index in [2.05, 4.69) is 5.32 Å². The summed E-state index contributed by atoms with van der Waals surface area (Å²) in [5.74, 6) is -1.23. The third kappa shape index (κ3) is 5.66. The summed E-state index contributed by atoms with van der Waals surface area (Å²) in [7, 11) is -4.17. The maximum absolute atomic E-state index is 14.4. The van der Waals surface area contributed by atoms with Gasteiger partial charge < -0.3 is 5.32 Å². The lowest BCUT2D eigenvalue weighted by atomic mass is 10.1. The minimum Gasteiger partial charge on any atom is -0.325 e. The average Bonchev–Trinajstić information content (AvgIpc) is 2.73. The monoisotopic (exact) mass is 494 g/mol. The summed E-state index contributed by atoms with van der Waals surface area (Å²) < 4.78 is 41.9. The zero-order valence-electron chi connectivity index (χ0n) is 17.4. The van der Waals surface area contributed by atoms with Crippen molar-refractivity contribution in [3.05, 3.63) is 93.2 Å². The van der Waals surface area contributed by atoms with E-state index in [0.29, 0.717) is 10.7 Å². The zero-order valence-corrected chi connectivity index (χ0v) is 19.7. The van der Waals surface area contributed by atoms with Crippen LogP contribution in [0, 0.1) is 19.7 Å². The van der Waals surface area contributed by atoms with Crippen LogP contribution in [0.3, 0.4) is 0 Å². The lowest BCUT2D eigenvalue weighted by Gasteiger charge is -2.23. The highest BCUT2D eigenvalue weighted by Gasteiger charge is 2.28. The third-order valence-electron chi connectivity index (χ3n) is 4.83. The summed E-state index contributed by atoms with van der Waals surface area (Å²) >= 11 is 12.0. The molecule has 0 unspecified atom stereocenters. The van der Waals surface area contributed by atoms with Crippen LogP contribution in [-0.2, 0) is 21.4 Å². The Bertz CT molecular complexity index is 1230. The van der Waals surface area contributed by atoms with Gasteiger partial charge in [-0.1, -0.05) is 41.4 Å². The SMILES string of the molecule is Cc1ccc(C)c(NC(=O)CN(Cc2c(F)cccc2Cl)S(=O)(=O)c2ccc(Cl)cc2)c1. The van der Waals surface area contributed by atoms with E-state index in [-0.39, 0.29) is 15.5 Å². The Labute approximate surface area is 196 Å². The fraction of sp³-hybridized carbons (Fsp3) is 0.174. The number of benzene rings is 3. The molecule has 168 valence electrons. The molecule has 0 bridgehead atoms. The molecule has 0 aromatic heterocycles. The Morgan fingerprint density at radius 2 is 1.72 bits per heavy atom. The number of hydrogen-bond donors (Lipinski definition) is 1. The van der Waals surface area contributed by atoms with Gasteiger partial charge in [-0.25, -0.2) is 12.8 Å². The highest BCUT2D eigenvalue weighted by molar-refractivity contribution is 7.89. The Balaban J connectivity index is 1.95. The molecule has 0 aliphatic rings. The number of sulfonamides is 1.